The van der Waals surface area contributed by atoms with Crippen LogP contribution in [0, 0.1) is 6.92 Å². The SMILES string of the molecule is Cc1ccc(C(=O)Nc2cncc(C(F)(F)F)c2)cc1[C@@H]1CCN(C(=O)OC(C)(C)C)C1. The molecule has 1 saturated heterocycles. The number of carbonyl (C=O) groups is 2. The number of ether oxygens (including phenoxy) is 1. The second kappa shape index (κ2) is 8.80. The maximum atomic E-state index is 12.9. The van der Waals surface area contributed by atoms with Crippen molar-refractivity contribution in [2.45, 2.75) is 51.8 Å². The Kier molecular flexibility index (Phi) is 6.48. The van der Waals surface area contributed by atoms with Crippen LogP contribution in [0.2, 0.25) is 0 Å². The monoisotopic (exact) mass is 449 g/mol. The summed E-state index contributed by atoms with van der Waals surface area (Å²) >= 11 is 0. The van der Waals surface area contributed by atoms with E-state index < -0.39 is 23.2 Å². The third kappa shape index (κ3) is 5.77. The van der Waals surface area contributed by atoms with Crippen LogP contribution in [0.4, 0.5) is 23.7 Å². The molecule has 2 amide bonds. The number of likely N-dealkylation sites (tertiary alicyclic amines) is 1. The Morgan fingerprint density at radius 1 is 1.16 bits per heavy atom. The van der Waals surface area contributed by atoms with Crippen LogP contribution in [-0.4, -0.2) is 40.6 Å². The van der Waals surface area contributed by atoms with Gasteiger partial charge in [0, 0.05) is 30.8 Å². The van der Waals surface area contributed by atoms with Gasteiger partial charge in [-0.1, -0.05) is 6.07 Å². The van der Waals surface area contributed by atoms with Crippen LogP contribution in [0.25, 0.3) is 0 Å². The van der Waals surface area contributed by atoms with Gasteiger partial charge in [0.2, 0.25) is 0 Å². The lowest BCUT2D eigenvalue weighted by atomic mass is 9.92. The summed E-state index contributed by atoms with van der Waals surface area (Å²) in [4.78, 5) is 30.2. The van der Waals surface area contributed by atoms with Gasteiger partial charge in [0.05, 0.1) is 17.4 Å². The number of hydrogen-bond acceptors (Lipinski definition) is 4. The van der Waals surface area contributed by atoms with E-state index in [1.54, 1.807) is 23.1 Å². The second-order valence-electron chi connectivity index (χ2n) is 8.90. The third-order valence-corrected chi connectivity index (χ3v) is 5.14. The Hall–Kier alpha value is -3.10. The van der Waals surface area contributed by atoms with E-state index >= 15 is 0 Å². The summed E-state index contributed by atoms with van der Waals surface area (Å²) in [6.07, 6.45) is -2.33. The maximum absolute atomic E-state index is 12.9. The van der Waals surface area contributed by atoms with Gasteiger partial charge in [0.25, 0.3) is 5.91 Å². The molecule has 0 radical (unpaired) electrons. The van der Waals surface area contributed by atoms with Crippen LogP contribution < -0.4 is 5.32 Å². The average molecular weight is 449 g/mol. The molecule has 1 N–H and O–H groups in total. The lowest BCUT2D eigenvalue weighted by molar-refractivity contribution is -0.137. The number of rotatable bonds is 3. The summed E-state index contributed by atoms with van der Waals surface area (Å²) in [5, 5.41) is 2.47. The molecule has 1 aromatic carbocycles. The van der Waals surface area contributed by atoms with Gasteiger partial charge in [0.15, 0.2) is 0 Å². The second-order valence-corrected chi connectivity index (χ2v) is 8.90. The van der Waals surface area contributed by atoms with E-state index in [-0.39, 0.29) is 17.7 Å². The highest BCUT2D eigenvalue weighted by molar-refractivity contribution is 6.04. The number of hydrogen-bond donors (Lipinski definition) is 1. The van der Waals surface area contributed by atoms with Crippen LogP contribution in [0.1, 0.15) is 60.2 Å². The molecule has 1 aliphatic heterocycles. The molecule has 0 aliphatic carbocycles. The highest BCUT2D eigenvalue weighted by Crippen LogP contribution is 2.32. The molecule has 0 spiro atoms. The van der Waals surface area contributed by atoms with Crippen molar-refractivity contribution < 1.29 is 27.5 Å². The minimum Gasteiger partial charge on any atom is -0.444 e. The predicted octanol–water partition coefficient (Wildman–Crippen LogP) is 5.39. The third-order valence-electron chi connectivity index (χ3n) is 5.14. The van der Waals surface area contributed by atoms with Crippen LogP contribution in [0.15, 0.2) is 36.7 Å². The average Bonchev–Trinajstić information content (AvgIpc) is 3.17. The van der Waals surface area contributed by atoms with E-state index in [1.807, 2.05) is 27.7 Å². The van der Waals surface area contributed by atoms with Crippen LogP contribution in [0.5, 0.6) is 0 Å². The molecule has 3 rings (SSSR count). The normalized spacial score (nSPS) is 16.7. The first-order valence-electron chi connectivity index (χ1n) is 10.3. The number of alkyl halides is 3. The lowest BCUT2D eigenvalue weighted by Gasteiger charge is -2.24. The fraction of sp³-hybridized carbons (Fsp3) is 0.435. The summed E-state index contributed by atoms with van der Waals surface area (Å²) in [6, 6.07) is 5.99. The van der Waals surface area contributed by atoms with Crippen LogP contribution in [0.3, 0.4) is 0 Å². The predicted molar refractivity (Wildman–Crippen MR) is 114 cm³/mol. The molecular formula is C23H26F3N3O3. The Balaban J connectivity index is 1.74. The first-order valence-corrected chi connectivity index (χ1v) is 10.3. The molecule has 172 valence electrons. The number of nitrogens with zero attached hydrogens (tertiary/aromatic N) is 2. The largest absolute Gasteiger partial charge is 0.444 e. The molecule has 2 heterocycles. The first-order chi connectivity index (χ1) is 14.8. The Morgan fingerprint density at radius 3 is 2.53 bits per heavy atom. The topological polar surface area (TPSA) is 71.5 Å². The molecular weight excluding hydrogens is 423 g/mol. The van der Waals surface area contributed by atoms with Crippen molar-refractivity contribution in [1.82, 2.24) is 9.88 Å². The molecule has 0 saturated carbocycles. The van der Waals surface area contributed by atoms with E-state index in [1.165, 1.54) is 0 Å². The fourth-order valence-corrected chi connectivity index (χ4v) is 3.59. The Labute approximate surface area is 184 Å². The summed E-state index contributed by atoms with van der Waals surface area (Å²) in [5.41, 5.74) is 0.654. The smallest absolute Gasteiger partial charge is 0.417 e. The fourth-order valence-electron chi connectivity index (χ4n) is 3.59. The molecule has 0 unspecified atom stereocenters. The van der Waals surface area contributed by atoms with Crippen molar-refractivity contribution in [3.63, 3.8) is 0 Å². The van der Waals surface area contributed by atoms with Crippen LogP contribution >= 0.6 is 0 Å². The summed E-state index contributed by atoms with van der Waals surface area (Å²) in [5.74, 6) is -0.500. The zero-order valence-electron chi connectivity index (χ0n) is 18.4. The molecule has 1 aliphatic rings. The first kappa shape index (κ1) is 23.6. The number of aromatic nitrogens is 1. The van der Waals surface area contributed by atoms with Gasteiger partial charge in [-0.05, 0) is 63.4 Å². The minimum absolute atomic E-state index is 0.0329. The molecule has 1 aromatic heterocycles. The number of aryl methyl sites for hydroxylation is 1. The number of anilines is 1. The highest BCUT2D eigenvalue weighted by Gasteiger charge is 2.32. The van der Waals surface area contributed by atoms with Gasteiger partial charge >= 0.3 is 12.3 Å². The summed E-state index contributed by atoms with van der Waals surface area (Å²) in [6.45, 7) is 8.37. The number of amides is 2. The Bertz CT molecular complexity index is 1020. The molecule has 6 nitrogen and oxygen atoms in total. The van der Waals surface area contributed by atoms with Gasteiger partial charge in [0.1, 0.15) is 5.60 Å². The maximum Gasteiger partial charge on any atom is 0.417 e. The van der Waals surface area contributed by atoms with Crippen molar-refractivity contribution in [2.75, 3.05) is 18.4 Å². The van der Waals surface area contributed by atoms with Gasteiger partial charge in [-0.25, -0.2) is 4.79 Å². The van der Waals surface area contributed by atoms with Crippen molar-refractivity contribution in [1.29, 1.82) is 0 Å². The molecule has 32 heavy (non-hydrogen) atoms. The summed E-state index contributed by atoms with van der Waals surface area (Å²) in [7, 11) is 0. The number of nitrogens with one attached hydrogen (secondary N) is 1. The van der Waals surface area contributed by atoms with Gasteiger partial charge in [-0.15, -0.1) is 0 Å². The molecule has 2 aromatic rings. The van der Waals surface area contributed by atoms with Gasteiger partial charge < -0.3 is 15.0 Å². The minimum atomic E-state index is -4.55. The van der Waals surface area contributed by atoms with E-state index in [0.717, 1.165) is 29.8 Å². The van der Waals surface area contributed by atoms with Gasteiger partial charge in [-0.2, -0.15) is 13.2 Å². The molecule has 1 atom stereocenters. The van der Waals surface area contributed by atoms with Crippen molar-refractivity contribution in [3.05, 3.63) is 58.9 Å². The number of benzene rings is 1. The summed E-state index contributed by atoms with van der Waals surface area (Å²) < 4.78 is 44.1. The van der Waals surface area contributed by atoms with E-state index in [0.29, 0.717) is 24.8 Å². The Morgan fingerprint density at radius 2 is 1.88 bits per heavy atom. The van der Waals surface area contributed by atoms with Gasteiger partial charge in [-0.3, -0.25) is 9.78 Å². The standard InChI is InChI=1S/C23H26F3N3O3/c1-14-5-6-15(20(30)28-18-10-17(11-27-12-18)23(24,25)26)9-19(14)16-7-8-29(13-16)21(31)32-22(2,3)4/h5-6,9-12,16H,7-8,13H2,1-4H3,(H,28,30)/t16-/m1/s1. The lowest BCUT2D eigenvalue weighted by Crippen LogP contribution is -2.35. The number of pyridine rings is 1. The van der Waals surface area contributed by atoms with E-state index in [9.17, 15) is 22.8 Å². The van der Waals surface area contributed by atoms with E-state index in [2.05, 4.69) is 10.3 Å². The zero-order chi connectivity index (χ0) is 23.7. The zero-order valence-corrected chi connectivity index (χ0v) is 18.4. The molecule has 9 heteroatoms. The van der Waals surface area contributed by atoms with Crippen molar-refractivity contribution in [3.8, 4) is 0 Å². The quantitative estimate of drug-likeness (QED) is 0.683. The van der Waals surface area contributed by atoms with Crippen molar-refractivity contribution >= 4 is 17.7 Å². The van der Waals surface area contributed by atoms with Crippen LogP contribution in [-0.2, 0) is 10.9 Å². The molecule has 1 fully saturated rings. The van der Waals surface area contributed by atoms with Crippen molar-refractivity contribution in [2.24, 2.45) is 0 Å². The molecule has 0 bridgehead atoms. The number of carbonyl (C=O) groups excluding carboxylic acids is 2. The van der Waals surface area contributed by atoms with E-state index in [4.69, 9.17) is 4.74 Å². The highest BCUT2D eigenvalue weighted by atomic mass is 19.4. The number of halogens is 3.